The normalized spacial score (nSPS) is 12.0. The predicted molar refractivity (Wildman–Crippen MR) is 126 cm³/mol. The number of nitrogens with zero attached hydrogens (tertiary/aromatic N) is 8. The number of aliphatic hydroxyl groups is 1. The van der Waals surface area contributed by atoms with Crippen LogP contribution in [0.5, 0.6) is 0 Å². The van der Waals surface area contributed by atoms with Crippen molar-refractivity contribution in [1.82, 2.24) is 34.5 Å². The topological polar surface area (TPSA) is 130 Å². The van der Waals surface area contributed by atoms with Gasteiger partial charge in [0.2, 0.25) is 0 Å². The summed E-state index contributed by atoms with van der Waals surface area (Å²) in [5.74, 6) is -0.0399. The van der Waals surface area contributed by atoms with Gasteiger partial charge in [-0.05, 0) is 57.2 Å². The first-order chi connectivity index (χ1) is 16.8. The highest BCUT2D eigenvalue weighted by Crippen LogP contribution is 2.30. The Morgan fingerprint density at radius 2 is 1.94 bits per heavy atom. The van der Waals surface area contributed by atoms with Crippen molar-refractivity contribution >= 4 is 22.7 Å². The van der Waals surface area contributed by atoms with Crippen molar-refractivity contribution < 1.29 is 9.50 Å². The maximum Gasteiger partial charge on any atom is 0.164 e. The van der Waals surface area contributed by atoms with E-state index >= 15 is 4.39 Å². The van der Waals surface area contributed by atoms with Gasteiger partial charge in [-0.1, -0.05) is 0 Å². The van der Waals surface area contributed by atoms with Gasteiger partial charge >= 0.3 is 0 Å². The molecule has 4 aromatic heterocycles. The van der Waals surface area contributed by atoms with E-state index < -0.39 is 11.9 Å². The van der Waals surface area contributed by atoms with Crippen LogP contribution >= 0.6 is 0 Å². The second-order valence-corrected chi connectivity index (χ2v) is 8.10. The summed E-state index contributed by atoms with van der Waals surface area (Å²) in [6, 6.07) is 12.0. The van der Waals surface area contributed by atoms with Crippen LogP contribution in [0.15, 0.2) is 48.9 Å². The molecule has 5 rings (SSSR count). The number of pyridine rings is 1. The Morgan fingerprint density at radius 3 is 2.63 bits per heavy atom. The lowest BCUT2D eigenvalue weighted by molar-refractivity contribution is 0.193. The number of imidazole rings is 1. The molecule has 5 aromatic rings. The van der Waals surface area contributed by atoms with Crippen LogP contribution in [0, 0.1) is 31.0 Å². The number of nitriles is 1. The smallest absolute Gasteiger partial charge is 0.164 e. The SMILES string of the molecule is Cc1ccc(Nc2cnc3c(c2)ncn3-c2cc(F)c(C(C)O)c(-n3nc(C#N)cc3C)c2)nn1. The molecule has 174 valence electrons. The molecule has 2 N–H and O–H groups in total. The van der Waals surface area contributed by atoms with Gasteiger partial charge in [0, 0.05) is 11.3 Å². The van der Waals surface area contributed by atoms with Crippen molar-refractivity contribution in [3.8, 4) is 17.4 Å². The van der Waals surface area contributed by atoms with Crippen molar-refractivity contribution in [1.29, 1.82) is 5.26 Å². The lowest BCUT2D eigenvalue weighted by Crippen LogP contribution is -2.10. The summed E-state index contributed by atoms with van der Waals surface area (Å²) >= 11 is 0. The molecule has 10 nitrogen and oxygen atoms in total. The van der Waals surface area contributed by atoms with E-state index in [0.29, 0.717) is 39.7 Å². The molecule has 0 aliphatic rings. The second-order valence-electron chi connectivity index (χ2n) is 8.10. The van der Waals surface area contributed by atoms with Crippen molar-refractivity contribution in [3.63, 3.8) is 0 Å². The fourth-order valence-electron chi connectivity index (χ4n) is 3.86. The third-order valence-electron chi connectivity index (χ3n) is 5.48. The minimum atomic E-state index is -1.09. The number of fused-ring (bicyclic) bond motifs is 1. The van der Waals surface area contributed by atoms with Crippen LogP contribution in [-0.2, 0) is 0 Å². The van der Waals surface area contributed by atoms with Crippen LogP contribution in [0.25, 0.3) is 22.5 Å². The minimum absolute atomic E-state index is 0.0764. The number of hydrogen-bond acceptors (Lipinski definition) is 8. The van der Waals surface area contributed by atoms with Gasteiger partial charge in [0.25, 0.3) is 0 Å². The highest BCUT2D eigenvalue weighted by molar-refractivity contribution is 5.78. The van der Waals surface area contributed by atoms with Crippen molar-refractivity contribution in [2.24, 2.45) is 0 Å². The Kier molecular flexibility index (Phi) is 5.43. The predicted octanol–water partition coefficient (Wildman–Crippen LogP) is 3.82. The zero-order valence-corrected chi connectivity index (χ0v) is 19.1. The van der Waals surface area contributed by atoms with Crippen molar-refractivity contribution in [3.05, 3.63) is 77.4 Å². The Hall–Kier alpha value is -4.69. The summed E-state index contributed by atoms with van der Waals surface area (Å²) in [5.41, 5.74) is 4.24. The van der Waals surface area contributed by atoms with Crippen LogP contribution < -0.4 is 5.32 Å². The fourth-order valence-corrected chi connectivity index (χ4v) is 3.86. The molecular weight excluding hydrogens is 449 g/mol. The molecule has 0 saturated carbocycles. The minimum Gasteiger partial charge on any atom is -0.389 e. The maximum atomic E-state index is 15.3. The summed E-state index contributed by atoms with van der Waals surface area (Å²) < 4.78 is 18.3. The van der Waals surface area contributed by atoms with Gasteiger partial charge in [0.1, 0.15) is 23.7 Å². The third-order valence-corrected chi connectivity index (χ3v) is 5.48. The van der Waals surface area contributed by atoms with E-state index in [9.17, 15) is 10.4 Å². The molecule has 0 amide bonds. The first-order valence-electron chi connectivity index (χ1n) is 10.7. The van der Waals surface area contributed by atoms with Gasteiger partial charge in [0.15, 0.2) is 17.2 Å². The van der Waals surface area contributed by atoms with Gasteiger partial charge in [-0.15, -0.1) is 5.10 Å². The molecule has 0 saturated heterocycles. The van der Waals surface area contributed by atoms with Gasteiger partial charge in [-0.3, -0.25) is 4.57 Å². The Labute approximate surface area is 199 Å². The standard InChI is InChI=1S/C24H20FN9O/c1-13-4-5-22(31-30-13)29-17-7-20-24(27-11-17)33(12-28-20)18-8-19(25)23(15(3)35)21(9-18)34-14(2)6-16(10-26)32-34/h4-9,11-12,15,35H,1-3H3,(H,29,31). The van der Waals surface area contributed by atoms with Gasteiger partial charge in [-0.25, -0.2) is 19.0 Å². The number of anilines is 2. The van der Waals surface area contributed by atoms with Crippen LogP contribution in [-0.4, -0.2) is 39.6 Å². The number of aromatic nitrogens is 7. The van der Waals surface area contributed by atoms with Crippen LogP contribution in [0.4, 0.5) is 15.9 Å². The van der Waals surface area contributed by atoms with E-state index in [1.165, 1.54) is 17.7 Å². The van der Waals surface area contributed by atoms with Gasteiger partial charge in [-0.2, -0.15) is 15.5 Å². The second kappa shape index (κ2) is 8.58. The number of aliphatic hydroxyl groups excluding tert-OH is 1. The quantitative estimate of drug-likeness (QED) is 0.397. The van der Waals surface area contributed by atoms with E-state index in [2.05, 4.69) is 30.6 Å². The summed E-state index contributed by atoms with van der Waals surface area (Å²) in [5, 5.41) is 35.0. The summed E-state index contributed by atoms with van der Waals surface area (Å²) in [7, 11) is 0. The van der Waals surface area contributed by atoms with Gasteiger partial charge in [0.05, 0.1) is 35.1 Å². The van der Waals surface area contributed by atoms with E-state index in [-0.39, 0.29) is 11.3 Å². The first kappa shape index (κ1) is 22.1. The monoisotopic (exact) mass is 469 g/mol. The average molecular weight is 469 g/mol. The summed E-state index contributed by atoms with van der Waals surface area (Å²) in [6.07, 6.45) is 2.08. The molecule has 35 heavy (non-hydrogen) atoms. The third kappa shape index (κ3) is 4.07. The zero-order valence-electron chi connectivity index (χ0n) is 19.1. The number of rotatable bonds is 5. The van der Waals surface area contributed by atoms with E-state index in [4.69, 9.17) is 0 Å². The van der Waals surface area contributed by atoms with Crippen molar-refractivity contribution in [2.45, 2.75) is 26.9 Å². The molecule has 1 atom stereocenters. The number of nitrogens with one attached hydrogen (secondary N) is 1. The number of hydrogen-bond donors (Lipinski definition) is 2. The molecule has 11 heteroatoms. The molecule has 1 unspecified atom stereocenters. The van der Waals surface area contributed by atoms with Gasteiger partial charge < -0.3 is 10.4 Å². The summed E-state index contributed by atoms with van der Waals surface area (Å²) in [6.45, 7) is 5.09. The van der Waals surface area contributed by atoms with E-state index in [0.717, 1.165) is 5.69 Å². The highest BCUT2D eigenvalue weighted by Gasteiger charge is 2.21. The molecule has 1 aromatic carbocycles. The molecule has 0 fully saturated rings. The Bertz CT molecular complexity index is 1600. The zero-order chi connectivity index (χ0) is 24.7. The lowest BCUT2D eigenvalue weighted by atomic mass is 10.1. The largest absolute Gasteiger partial charge is 0.389 e. The van der Waals surface area contributed by atoms with Crippen LogP contribution in [0.1, 0.15) is 35.7 Å². The maximum absolute atomic E-state index is 15.3. The van der Waals surface area contributed by atoms with E-state index in [1.807, 2.05) is 25.1 Å². The number of benzene rings is 1. The molecule has 0 radical (unpaired) electrons. The van der Waals surface area contributed by atoms with Crippen LogP contribution in [0.2, 0.25) is 0 Å². The van der Waals surface area contributed by atoms with E-state index in [1.54, 1.807) is 42.2 Å². The summed E-state index contributed by atoms with van der Waals surface area (Å²) in [4.78, 5) is 8.93. The molecular formula is C24H20FN9O. The number of aryl methyl sites for hydroxylation is 2. The molecule has 0 aliphatic heterocycles. The average Bonchev–Trinajstić information content (AvgIpc) is 3.42. The molecule has 0 spiro atoms. The molecule has 0 aliphatic carbocycles. The Balaban J connectivity index is 1.59. The first-order valence-corrected chi connectivity index (χ1v) is 10.7. The Morgan fingerprint density at radius 1 is 1.11 bits per heavy atom. The molecule has 0 bridgehead atoms. The van der Waals surface area contributed by atoms with Crippen molar-refractivity contribution in [2.75, 3.05) is 5.32 Å². The molecule has 4 heterocycles. The lowest BCUT2D eigenvalue weighted by Gasteiger charge is -2.17. The number of halogens is 1. The fraction of sp³-hybridized carbons (Fsp3) is 0.167. The van der Waals surface area contributed by atoms with Crippen LogP contribution in [0.3, 0.4) is 0 Å². The highest BCUT2D eigenvalue weighted by atomic mass is 19.1.